The molecule has 58 heavy (non-hydrogen) atoms. The number of phosphoric ester groups is 1. The van der Waals surface area contributed by atoms with E-state index in [2.05, 4.69) is 86.8 Å². The van der Waals surface area contributed by atoms with Crippen LogP contribution < -0.4 is 4.89 Å². The lowest BCUT2D eigenvalue weighted by Crippen LogP contribution is -2.37. The first-order chi connectivity index (χ1) is 28.0. The lowest BCUT2D eigenvalue weighted by Gasteiger charge is -2.28. The van der Waals surface area contributed by atoms with Crippen molar-refractivity contribution in [3.05, 3.63) is 85.1 Å². The highest BCUT2D eigenvalue weighted by Gasteiger charge is 2.21. The maximum absolute atomic E-state index is 12.7. The van der Waals surface area contributed by atoms with E-state index in [1.165, 1.54) is 64.2 Å². The lowest BCUT2D eigenvalue weighted by molar-refractivity contribution is -0.870. The zero-order valence-corrected chi connectivity index (χ0v) is 38.1. The highest BCUT2D eigenvalue weighted by Crippen LogP contribution is 2.38. The highest BCUT2D eigenvalue weighted by atomic mass is 31.2. The second-order valence-corrected chi connectivity index (χ2v) is 17.1. The first kappa shape index (κ1) is 55.2. The SMILES string of the molecule is CCCCC/C=C/C/C=C/C/C=C/C/C=C/C/C=C/CCC(=O)OC[C@H](COP(=O)([O-])OCC[N+](C)(C)C)OC(=O)CCCC/C=C/C/C=C/CCCCCCCC. The summed E-state index contributed by atoms with van der Waals surface area (Å²) in [6.45, 7) is 4.04. The maximum atomic E-state index is 12.7. The third-order valence-corrected chi connectivity index (χ3v) is 9.87. The van der Waals surface area contributed by atoms with Gasteiger partial charge < -0.3 is 27.9 Å². The number of ether oxygens (including phenoxy) is 2. The molecule has 332 valence electrons. The molecule has 0 spiro atoms. The Morgan fingerprint density at radius 1 is 0.534 bits per heavy atom. The Kier molecular flexibility index (Phi) is 37.7. The van der Waals surface area contributed by atoms with Gasteiger partial charge in [0.15, 0.2) is 6.10 Å². The van der Waals surface area contributed by atoms with E-state index in [0.29, 0.717) is 23.9 Å². The Morgan fingerprint density at radius 2 is 0.966 bits per heavy atom. The number of rotatable bonds is 39. The van der Waals surface area contributed by atoms with Crippen molar-refractivity contribution >= 4 is 19.8 Å². The van der Waals surface area contributed by atoms with Crippen LogP contribution in [0.25, 0.3) is 0 Å². The summed E-state index contributed by atoms with van der Waals surface area (Å²) >= 11 is 0. The predicted octanol–water partition coefficient (Wildman–Crippen LogP) is 12.2. The van der Waals surface area contributed by atoms with Crippen molar-refractivity contribution in [2.24, 2.45) is 0 Å². The first-order valence-electron chi connectivity index (χ1n) is 22.3. The van der Waals surface area contributed by atoms with E-state index < -0.39 is 32.5 Å². The molecule has 2 atom stereocenters. The molecule has 0 aromatic rings. The van der Waals surface area contributed by atoms with Gasteiger partial charge in [-0.1, -0.05) is 144 Å². The average Bonchev–Trinajstić information content (AvgIpc) is 3.17. The van der Waals surface area contributed by atoms with Crippen molar-refractivity contribution in [3.8, 4) is 0 Å². The molecule has 1 unspecified atom stereocenters. The molecule has 0 saturated heterocycles. The molecule has 0 N–H and O–H groups in total. The molecule has 0 rings (SSSR count). The minimum Gasteiger partial charge on any atom is -0.756 e. The molecule has 0 radical (unpaired) electrons. The van der Waals surface area contributed by atoms with Crippen LogP contribution in [-0.2, 0) is 32.7 Å². The molecule has 0 bridgehead atoms. The van der Waals surface area contributed by atoms with Crippen LogP contribution in [0.5, 0.6) is 0 Å². The molecule has 0 aromatic heterocycles. The fraction of sp³-hybridized carbons (Fsp3) is 0.667. The van der Waals surface area contributed by atoms with Crippen LogP contribution in [-0.4, -0.2) is 70.0 Å². The monoisotopic (exact) mass is 832 g/mol. The van der Waals surface area contributed by atoms with Gasteiger partial charge in [-0.15, -0.1) is 0 Å². The predicted molar refractivity (Wildman–Crippen MR) is 240 cm³/mol. The summed E-state index contributed by atoms with van der Waals surface area (Å²) in [4.78, 5) is 37.5. The number of likely N-dealkylation sites (N-methyl/N-ethyl adjacent to an activating group) is 1. The number of carbonyl (C=O) groups is 2. The van der Waals surface area contributed by atoms with E-state index in [9.17, 15) is 19.0 Å². The van der Waals surface area contributed by atoms with Gasteiger partial charge in [0.05, 0.1) is 27.7 Å². The van der Waals surface area contributed by atoms with Crippen molar-refractivity contribution in [1.82, 2.24) is 0 Å². The van der Waals surface area contributed by atoms with E-state index in [1.54, 1.807) is 0 Å². The largest absolute Gasteiger partial charge is 0.756 e. The Labute approximate surface area is 354 Å². The Hall–Kier alpha value is -2.81. The summed E-state index contributed by atoms with van der Waals surface area (Å²) in [5, 5.41) is 0. The van der Waals surface area contributed by atoms with Crippen molar-refractivity contribution in [2.75, 3.05) is 47.5 Å². The molecule has 0 aromatic carbocycles. The molecule has 0 fully saturated rings. The Morgan fingerprint density at radius 3 is 1.48 bits per heavy atom. The summed E-state index contributed by atoms with van der Waals surface area (Å²) in [5.74, 6) is -0.977. The molecule has 9 nitrogen and oxygen atoms in total. The minimum absolute atomic E-state index is 0.0520. The molecule has 0 saturated carbocycles. The molecular formula is C48H82NO8P. The average molecular weight is 832 g/mol. The summed E-state index contributed by atoms with van der Waals surface area (Å²) < 4.78 is 33.8. The van der Waals surface area contributed by atoms with Crippen molar-refractivity contribution in [2.45, 2.75) is 161 Å². The van der Waals surface area contributed by atoms with Crippen LogP contribution in [0.4, 0.5) is 0 Å². The Bertz CT molecular complexity index is 1260. The number of carbonyl (C=O) groups excluding carboxylic acids is 2. The van der Waals surface area contributed by atoms with Gasteiger partial charge in [0, 0.05) is 12.8 Å². The van der Waals surface area contributed by atoms with Gasteiger partial charge in [-0.2, -0.15) is 0 Å². The van der Waals surface area contributed by atoms with Gasteiger partial charge in [0.1, 0.15) is 19.8 Å². The topological polar surface area (TPSA) is 111 Å². The van der Waals surface area contributed by atoms with Gasteiger partial charge in [-0.3, -0.25) is 14.2 Å². The molecular weight excluding hydrogens is 750 g/mol. The van der Waals surface area contributed by atoms with E-state index >= 15 is 0 Å². The van der Waals surface area contributed by atoms with Crippen molar-refractivity contribution < 1.29 is 42.1 Å². The fourth-order valence-electron chi connectivity index (χ4n) is 5.37. The molecule has 0 amide bonds. The van der Waals surface area contributed by atoms with E-state index in [4.69, 9.17) is 18.5 Å². The fourth-order valence-corrected chi connectivity index (χ4v) is 6.10. The quantitative estimate of drug-likeness (QED) is 0.0198. The van der Waals surface area contributed by atoms with E-state index in [1.807, 2.05) is 33.3 Å². The van der Waals surface area contributed by atoms with Gasteiger partial charge in [-0.05, 0) is 83.5 Å². The van der Waals surface area contributed by atoms with E-state index in [-0.39, 0.29) is 26.1 Å². The molecule has 0 aliphatic rings. The lowest BCUT2D eigenvalue weighted by atomic mass is 10.1. The van der Waals surface area contributed by atoms with Crippen molar-refractivity contribution in [1.29, 1.82) is 0 Å². The third-order valence-electron chi connectivity index (χ3n) is 8.90. The van der Waals surface area contributed by atoms with Gasteiger partial charge in [0.25, 0.3) is 7.82 Å². The standard InChI is InChI=1S/C48H82NO8P/c1-6-8-10-12-14-16-18-20-22-23-24-25-27-28-30-32-34-36-38-40-47(50)54-44-46(45-56-58(52,53)55-43-42-49(3,4)5)57-48(51)41-39-37-35-33-31-29-26-21-19-17-15-13-11-9-7-2/h14,16,20-22,24-26,28,30-31,33-34,36,46H,6-13,15,17-19,23,27,29,32,35,37-45H2,1-5H3/b16-14+,22-20+,25-24+,26-21+,30-28+,33-31+,36-34+/t46-/m1/s1. The second-order valence-electron chi connectivity index (χ2n) is 15.7. The van der Waals surface area contributed by atoms with Gasteiger partial charge >= 0.3 is 11.9 Å². The van der Waals surface area contributed by atoms with Crippen LogP contribution in [0.1, 0.15) is 155 Å². The third kappa shape index (κ3) is 42.8. The number of quaternary nitrogens is 1. The summed E-state index contributed by atoms with van der Waals surface area (Å²) in [5.41, 5.74) is 0. The number of esters is 2. The van der Waals surface area contributed by atoms with Crippen LogP contribution in [0.2, 0.25) is 0 Å². The summed E-state index contributed by atoms with van der Waals surface area (Å²) in [6.07, 6.45) is 50.6. The van der Waals surface area contributed by atoms with Crippen molar-refractivity contribution in [3.63, 3.8) is 0 Å². The second kappa shape index (κ2) is 39.6. The smallest absolute Gasteiger partial charge is 0.306 e. The first-order valence-corrected chi connectivity index (χ1v) is 23.8. The van der Waals surface area contributed by atoms with Crippen LogP contribution >= 0.6 is 7.82 Å². The van der Waals surface area contributed by atoms with Crippen LogP contribution in [0, 0.1) is 0 Å². The number of hydrogen-bond acceptors (Lipinski definition) is 8. The van der Waals surface area contributed by atoms with Gasteiger partial charge in [-0.25, -0.2) is 0 Å². The zero-order chi connectivity index (χ0) is 42.8. The number of phosphoric acid groups is 1. The minimum atomic E-state index is -4.65. The number of allylic oxidation sites excluding steroid dienone is 14. The van der Waals surface area contributed by atoms with Gasteiger partial charge in [0.2, 0.25) is 0 Å². The zero-order valence-electron chi connectivity index (χ0n) is 37.2. The normalized spacial score (nSPS) is 14.4. The molecule has 0 aliphatic heterocycles. The number of hydrogen-bond donors (Lipinski definition) is 0. The molecule has 10 heteroatoms. The summed E-state index contributed by atoms with van der Waals surface area (Å²) in [7, 11) is 1.09. The number of nitrogens with zero attached hydrogens (tertiary/aromatic N) is 1. The Balaban J connectivity index is 4.54. The highest BCUT2D eigenvalue weighted by molar-refractivity contribution is 7.45. The number of unbranched alkanes of at least 4 members (excludes halogenated alkanes) is 11. The maximum Gasteiger partial charge on any atom is 0.306 e. The van der Waals surface area contributed by atoms with E-state index in [0.717, 1.165) is 51.4 Å². The molecule has 0 aliphatic carbocycles. The summed E-state index contributed by atoms with van der Waals surface area (Å²) in [6, 6.07) is 0. The van der Waals surface area contributed by atoms with Crippen LogP contribution in [0.15, 0.2) is 85.1 Å². The van der Waals surface area contributed by atoms with Crippen LogP contribution in [0.3, 0.4) is 0 Å². The molecule has 0 heterocycles.